The van der Waals surface area contributed by atoms with Crippen molar-refractivity contribution < 1.29 is 4.74 Å². The lowest BCUT2D eigenvalue weighted by Crippen LogP contribution is -2.25. The Bertz CT molecular complexity index is 527. The maximum absolute atomic E-state index is 5.02. The number of hydrogen-bond acceptors (Lipinski definition) is 3. The van der Waals surface area contributed by atoms with Crippen molar-refractivity contribution in [1.82, 2.24) is 10.3 Å². The fourth-order valence-corrected chi connectivity index (χ4v) is 2.27. The van der Waals surface area contributed by atoms with Gasteiger partial charge in [0.15, 0.2) is 0 Å². The molecule has 0 saturated carbocycles. The molecule has 0 aliphatic heterocycles. The van der Waals surface area contributed by atoms with Gasteiger partial charge in [-0.15, -0.1) is 0 Å². The maximum atomic E-state index is 5.02. The highest BCUT2D eigenvalue weighted by Crippen LogP contribution is 2.14. The minimum absolute atomic E-state index is 0.653. The molecule has 1 heterocycles. The first-order valence-corrected chi connectivity index (χ1v) is 7.34. The van der Waals surface area contributed by atoms with Crippen LogP contribution in [0.3, 0.4) is 0 Å². The molecule has 0 saturated heterocycles. The lowest BCUT2D eigenvalue weighted by atomic mass is 10.0. The lowest BCUT2D eigenvalue weighted by Gasteiger charge is -2.12. The monoisotopic (exact) mass is 272 g/mol. The molecular weight excluding hydrogens is 248 g/mol. The summed E-state index contributed by atoms with van der Waals surface area (Å²) < 4.78 is 5.02. The van der Waals surface area contributed by atoms with E-state index in [0.29, 0.717) is 5.92 Å². The molecule has 1 N–H and O–H groups in total. The number of para-hydroxylation sites is 1. The van der Waals surface area contributed by atoms with Crippen LogP contribution in [0.1, 0.15) is 19.0 Å². The Hall–Kier alpha value is -1.45. The van der Waals surface area contributed by atoms with Gasteiger partial charge in [-0.1, -0.05) is 31.2 Å². The topological polar surface area (TPSA) is 34.1 Å². The average Bonchev–Trinajstić information content (AvgIpc) is 2.49. The van der Waals surface area contributed by atoms with Crippen LogP contribution in [0.15, 0.2) is 36.4 Å². The molecule has 2 rings (SSSR count). The first-order chi connectivity index (χ1) is 9.79. The van der Waals surface area contributed by atoms with Crippen LogP contribution in [0.4, 0.5) is 0 Å². The van der Waals surface area contributed by atoms with Gasteiger partial charge in [-0.25, -0.2) is 0 Å². The van der Waals surface area contributed by atoms with E-state index in [9.17, 15) is 0 Å². The van der Waals surface area contributed by atoms with E-state index in [0.717, 1.165) is 38.1 Å². The Morgan fingerprint density at radius 3 is 2.90 bits per heavy atom. The number of fused-ring (bicyclic) bond motifs is 1. The first kappa shape index (κ1) is 14.9. The van der Waals surface area contributed by atoms with Gasteiger partial charge in [0.2, 0.25) is 0 Å². The molecule has 2 aromatic rings. The number of pyridine rings is 1. The Morgan fingerprint density at radius 1 is 1.20 bits per heavy atom. The quantitative estimate of drug-likeness (QED) is 0.750. The van der Waals surface area contributed by atoms with Crippen molar-refractivity contribution in [3.63, 3.8) is 0 Å². The van der Waals surface area contributed by atoms with Crippen LogP contribution in [0.25, 0.3) is 10.9 Å². The number of methoxy groups -OCH3 is 1. The third-order valence-electron chi connectivity index (χ3n) is 3.53. The maximum Gasteiger partial charge on any atom is 0.0705 e. The summed E-state index contributed by atoms with van der Waals surface area (Å²) >= 11 is 0. The van der Waals surface area contributed by atoms with Gasteiger partial charge in [0, 0.05) is 24.7 Å². The fourth-order valence-electron chi connectivity index (χ4n) is 2.27. The number of hydrogen-bond donors (Lipinski definition) is 1. The molecule has 1 unspecified atom stereocenters. The summed E-state index contributed by atoms with van der Waals surface area (Å²) in [5.41, 5.74) is 2.28. The summed E-state index contributed by atoms with van der Waals surface area (Å²) in [4.78, 5) is 4.72. The molecule has 3 nitrogen and oxygen atoms in total. The van der Waals surface area contributed by atoms with Crippen LogP contribution in [0.2, 0.25) is 0 Å². The van der Waals surface area contributed by atoms with Crippen molar-refractivity contribution in [2.75, 3.05) is 26.8 Å². The van der Waals surface area contributed by atoms with E-state index in [1.807, 2.05) is 6.07 Å². The Labute approximate surface area is 121 Å². The molecule has 1 atom stereocenters. The van der Waals surface area contributed by atoms with E-state index < -0.39 is 0 Å². The normalized spacial score (nSPS) is 12.7. The Balaban J connectivity index is 1.80. The molecule has 0 spiro atoms. The van der Waals surface area contributed by atoms with Gasteiger partial charge < -0.3 is 10.1 Å². The molecule has 1 aromatic heterocycles. The summed E-state index contributed by atoms with van der Waals surface area (Å²) in [6.07, 6.45) is 2.20. The van der Waals surface area contributed by atoms with Crippen LogP contribution < -0.4 is 5.32 Å². The largest absolute Gasteiger partial charge is 0.383 e. The van der Waals surface area contributed by atoms with Crippen molar-refractivity contribution in [1.29, 1.82) is 0 Å². The molecule has 108 valence electrons. The lowest BCUT2D eigenvalue weighted by molar-refractivity contribution is 0.198. The smallest absolute Gasteiger partial charge is 0.0705 e. The molecular formula is C17H24N2O. The van der Waals surface area contributed by atoms with Crippen molar-refractivity contribution in [3.05, 3.63) is 42.1 Å². The summed E-state index contributed by atoms with van der Waals surface area (Å²) in [6.45, 7) is 5.02. The molecule has 0 amide bonds. The van der Waals surface area contributed by atoms with Crippen molar-refractivity contribution in [2.45, 2.75) is 19.8 Å². The fraction of sp³-hybridized carbons (Fsp3) is 0.471. The molecule has 0 fully saturated rings. The van der Waals surface area contributed by atoms with E-state index in [4.69, 9.17) is 9.72 Å². The van der Waals surface area contributed by atoms with Crippen molar-refractivity contribution in [3.8, 4) is 0 Å². The van der Waals surface area contributed by atoms with E-state index in [1.54, 1.807) is 7.11 Å². The van der Waals surface area contributed by atoms with Crippen LogP contribution in [-0.4, -0.2) is 31.8 Å². The number of aryl methyl sites for hydroxylation is 1. The summed E-state index contributed by atoms with van der Waals surface area (Å²) in [5, 5.41) is 4.62. The molecule has 0 bridgehead atoms. The highest BCUT2D eigenvalue weighted by atomic mass is 16.5. The highest BCUT2D eigenvalue weighted by molar-refractivity contribution is 5.78. The van der Waals surface area contributed by atoms with E-state index in [-0.39, 0.29) is 0 Å². The van der Waals surface area contributed by atoms with E-state index >= 15 is 0 Å². The minimum atomic E-state index is 0.653. The zero-order chi connectivity index (χ0) is 14.2. The summed E-state index contributed by atoms with van der Waals surface area (Å²) in [5.74, 6) is 0.653. The second-order valence-electron chi connectivity index (χ2n) is 5.34. The van der Waals surface area contributed by atoms with Crippen molar-refractivity contribution >= 4 is 10.9 Å². The number of ether oxygens (including phenoxy) is 1. The average molecular weight is 272 g/mol. The van der Waals surface area contributed by atoms with Gasteiger partial charge in [0.05, 0.1) is 12.1 Å². The number of nitrogens with zero attached hydrogens (tertiary/aromatic N) is 1. The number of nitrogens with one attached hydrogen (secondary N) is 1. The van der Waals surface area contributed by atoms with E-state index in [1.165, 1.54) is 11.1 Å². The van der Waals surface area contributed by atoms with Gasteiger partial charge in [-0.2, -0.15) is 0 Å². The zero-order valence-electron chi connectivity index (χ0n) is 12.4. The standard InChI is InChI=1S/C17H24N2O/c1-14(13-18-11-12-20-2)7-9-16-10-8-15-5-3-4-6-17(15)19-16/h3-6,8,10,14,18H,7,9,11-13H2,1-2H3. The van der Waals surface area contributed by atoms with Gasteiger partial charge in [0.25, 0.3) is 0 Å². The molecule has 0 radical (unpaired) electrons. The van der Waals surface area contributed by atoms with Gasteiger partial charge in [0.1, 0.15) is 0 Å². The van der Waals surface area contributed by atoms with Crippen LogP contribution in [0.5, 0.6) is 0 Å². The molecule has 3 heteroatoms. The number of rotatable bonds is 8. The molecule has 0 aliphatic rings. The highest BCUT2D eigenvalue weighted by Gasteiger charge is 2.04. The third kappa shape index (κ3) is 4.58. The SMILES string of the molecule is COCCNCC(C)CCc1ccc2ccccc2n1. The third-order valence-corrected chi connectivity index (χ3v) is 3.53. The zero-order valence-corrected chi connectivity index (χ0v) is 12.4. The van der Waals surface area contributed by atoms with Gasteiger partial charge in [-0.3, -0.25) is 4.98 Å². The Morgan fingerprint density at radius 2 is 2.05 bits per heavy atom. The molecule has 0 aliphatic carbocycles. The van der Waals surface area contributed by atoms with E-state index in [2.05, 4.69) is 42.6 Å². The molecule has 20 heavy (non-hydrogen) atoms. The first-order valence-electron chi connectivity index (χ1n) is 7.34. The number of benzene rings is 1. The number of aromatic nitrogens is 1. The van der Waals surface area contributed by atoms with Gasteiger partial charge >= 0.3 is 0 Å². The summed E-state index contributed by atoms with van der Waals surface area (Å²) in [6, 6.07) is 12.6. The predicted octanol–water partition coefficient (Wildman–Crippen LogP) is 3.04. The van der Waals surface area contributed by atoms with Crippen LogP contribution in [0, 0.1) is 5.92 Å². The summed E-state index contributed by atoms with van der Waals surface area (Å²) in [7, 11) is 1.73. The second kappa shape index (κ2) is 7.98. The second-order valence-corrected chi connectivity index (χ2v) is 5.34. The van der Waals surface area contributed by atoms with Crippen molar-refractivity contribution in [2.24, 2.45) is 5.92 Å². The molecule has 1 aromatic carbocycles. The van der Waals surface area contributed by atoms with Crippen LogP contribution in [-0.2, 0) is 11.2 Å². The van der Waals surface area contributed by atoms with Crippen LogP contribution >= 0.6 is 0 Å². The minimum Gasteiger partial charge on any atom is -0.383 e. The van der Waals surface area contributed by atoms with Gasteiger partial charge in [-0.05, 0) is 37.4 Å². The Kier molecular flexibility index (Phi) is 5.96. The predicted molar refractivity (Wildman–Crippen MR) is 84.0 cm³/mol.